The van der Waals surface area contributed by atoms with Crippen molar-refractivity contribution < 1.29 is 15.0 Å². The topological polar surface area (TPSA) is 69.6 Å². The smallest absolute Gasteiger partial charge is 0.216 e. The van der Waals surface area contributed by atoms with Crippen molar-refractivity contribution in [3.63, 3.8) is 0 Å². The number of aliphatic hydroxyl groups excluding tert-OH is 2. The van der Waals surface area contributed by atoms with Gasteiger partial charge in [-0.05, 0) is 30.2 Å². The number of halogens is 2. The molecule has 18 heavy (non-hydrogen) atoms. The molecule has 6 heteroatoms. The maximum atomic E-state index is 10.7. The average molecular weight is 337 g/mol. The van der Waals surface area contributed by atoms with Gasteiger partial charge in [-0.3, -0.25) is 4.79 Å². The van der Waals surface area contributed by atoms with Gasteiger partial charge in [0.15, 0.2) is 0 Å². The number of nitrogens with one attached hydrogen (secondary N) is 1. The van der Waals surface area contributed by atoms with Gasteiger partial charge in [0.05, 0.1) is 6.10 Å². The third-order valence-electron chi connectivity index (χ3n) is 2.46. The number of amides is 1. The Morgan fingerprint density at radius 3 is 2.78 bits per heavy atom. The summed E-state index contributed by atoms with van der Waals surface area (Å²) in [5, 5.41) is 22.9. The summed E-state index contributed by atoms with van der Waals surface area (Å²) in [5.74, 6) is -0.166. The monoisotopic (exact) mass is 335 g/mol. The first-order valence-electron chi connectivity index (χ1n) is 5.47. The van der Waals surface area contributed by atoms with E-state index in [0.29, 0.717) is 21.6 Å². The lowest BCUT2D eigenvalue weighted by atomic mass is 10.0. The molecule has 0 aromatic heterocycles. The molecular weight excluding hydrogens is 321 g/mol. The molecule has 4 nitrogen and oxygen atoms in total. The Morgan fingerprint density at radius 1 is 1.50 bits per heavy atom. The number of rotatable bonds is 5. The third kappa shape index (κ3) is 4.57. The summed E-state index contributed by atoms with van der Waals surface area (Å²) in [6.45, 7) is 1.71. The van der Waals surface area contributed by atoms with E-state index in [1.165, 1.54) is 6.92 Å². The summed E-state index contributed by atoms with van der Waals surface area (Å²) in [6, 6.07) is 4.99. The second-order valence-electron chi connectivity index (χ2n) is 3.95. The minimum Gasteiger partial charge on any atom is -0.390 e. The molecule has 0 radical (unpaired) electrons. The zero-order chi connectivity index (χ0) is 13.7. The third-order valence-corrected chi connectivity index (χ3v) is 3.41. The predicted octanol–water partition coefficient (Wildman–Crippen LogP) is 2.02. The summed E-state index contributed by atoms with van der Waals surface area (Å²) in [7, 11) is 0. The Labute approximate surface area is 119 Å². The van der Waals surface area contributed by atoms with Gasteiger partial charge >= 0.3 is 0 Å². The predicted molar refractivity (Wildman–Crippen MR) is 73.4 cm³/mol. The number of carbonyl (C=O) groups excluding carboxylic acids is 1. The fraction of sp³-hybridized carbons (Fsp3) is 0.417. The van der Waals surface area contributed by atoms with Crippen molar-refractivity contribution in [2.45, 2.75) is 25.6 Å². The van der Waals surface area contributed by atoms with Crippen LogP contribution in [0.25, 0.3) is 0 Å². The van der Waals surface area contributed by atoms with Gasteiger partial charge in [-0.2, -0.15) is 0 Å². The van der Waals surface area contributed by atoms with Crippen LogP contribution in [0.2, 0.25) is 5.02 Å². The van der Waals surface area contributed by atoms with Gasteiger partial charge in [-0.15, -0.1) is 0 Å². The highest BCUT2D eigenvalue weighted by Gasteiger charge is 2.20. The highest BCUT2D eigenvalue weighted by molar-refractivity contribution is 9.10. The minimum absolute atomic E-state index is 0.166. The van der Waals surface area contributed by atoms with Crippen molar-refractivity contribution in [3.8, 4) is 0 Å². The first-order chi connectivity index (χ1) is 8.41. The molecule has 0 spiro atoms. The van der Waals surface area contributed by atoms with Crippen LogP contribution in [0.5, 0.6) is 0 Å². The quantitative estimate of drug-likeness (QED) is 0.770. The van der Waals surface area contributed by atoms with Crippen molar-refractivity contribution in [1.82, 2.24) is 5.32 Å². The maximum Gasteiger partial charge on any atom is 0.216 e. The lowest BCUT2D eigenvalue weighted by Crippen LogP contribution is -2.27. The largest absolute Gasteiger partial charge is 0.390 e. The van der Waals surface area contributed by atoms with Crippen molar-refractivity contribution in [1.29, 1.82) is 0 Å². The molecule has 2 atom stereocenters. The van der Waals surface area contributed by atoms with E-state index in [0.717, 1.165) is 0 Å². The second-order valence-corrected chi connectivity index (χ2v) is 5.24. The number of hydrogen-bond acceptors (Lipinski definition) is 3. The van der Waals surface area contributed by atoms with Crippen molar-refractivity contribution in [2.75, 3.05) is 6.54 Å². The Bertz CT molecular complexity index is 428. The van der Waals surface area contributed by atoms with Crippen LogP contribution in [-0.4, -0.2) is 28.8 Å². The average Bonchev–Trinajstić information content (AvgIpc) is 2.30. The van der Waals surface area contributed by atoms with Crippen LogP contribution in [0.4, 0.5) is 0 Å². The van der Waals surface area contributed by atoms with Gasteiger partial charge in [-0.1, -0.05) is 27.5 Å². The van der Waals surface area contributed by atoms with E-state index in [1.807, 2.05) is 0 Å². The Hall–Kier alpha value is -0.620. The summed E-state index contributed by atoms with van der Waals surface area (Å²) in [6.07, 6.45) is -1.75. The van der Waals surface area contributed by atoms with Gasteiger partial charge in [-0.25, -0.2) is 0 Å². The van der Waals surface area contributed by atoms with Gasteiger partial charge in [0, 0.05) is 23.0 Å². The number of benzene rings is 1. The van der Waals surface area contributed by atoms with Crippen molar-refractivity contribution in [3.05, 3.63) is 33.3 Å². The lowest BCUT2D eigenvalue weighted by Gasteiger charge is -2.19. The van der Waals surface area contributed by atoms with E-state index in [2.05, 4.69) is 21.2 Å². The summed E-state index contributed by atoms with van der Waals surface area (Å²) in [4.78, 5) is 10.7. The normalized spacial score (nSPS) is 14.1. The van der Waals surface area contributed by atoms with Crippen molar-refractivity contribution in [2.24, 2.45) is 0 Å². The van der Waals surface area contributed by atoms with Crippen LogP contribution in [0.1, 0.15) is 25.0 Å². The van der Waals surface area contributed by atoms with Gasteiger partial charge in [0.1, 0.15) is 6.10 Å². The molecule has 0 aliphatic rings. The zero-order valence-corrected chi connectivity index (χ0v) is 12.2. The van der Waals surface area contributed by atoms with E-state index in [1.54, 1.807) is 18.2 Å². The van der Waals surface area contributed by atoms with Crippen LogP contribution in [0.3, 0.4) is 0 Å². The molecule has 0 bridgehead atoms. The molecule has 2 unspecified atom stereocenters. The molecule has 1 aromatic carbocycles. The molecule has 1 amide bonds. The van der Waals surface area contributed by atoms with Crippen LogP contribution in [0, 0.1) is 0 Å². The van der Waals surface area contributed by atoms with Crippen LogP contribution in [-0.2, 0) is 4.79 Å². The van der Waals surface area contributed by atoms with E-state index < -0.39 is 12.2 Å². The van der Waals surface area contributed by atoms with Gasteiger partial charge < -0.3 is 15.5 Å². The number of aliphatic hydroxyl groups is 2. The molecule has 0 fully saturated rings. The molecule has 0 aliphatic heterocycles. The van der Waals surface area contributed by atoms with E-state index in [4.69, 9.17) is 11.6 Å². The highest BCUT2D eigenvalue weighted by Crippen LogP contribution is 2.29. The van der Waals surface area contributed by atoms with Crippen LogP contribution in [0.15, 0.2) is 22.7 Å². The highest BCUT2D eigenvalue weighted by atomic mass is 79.9. The van der Waals surface area contributed by atoms with E-state index in [-0.39, 0.29) is 12.3 Å². The van der Waals surface area contributed by atoms with Crippen LogP contribution < -0.4 is 5.32 Å². The fourth-order valence-corrected chi connectivity index (χ4v) is 2.16. The van der Waals surface area contributed by atoms with E-state index >= 15 is 0 Å². The Morgan fingerprint density at radius 2 is 2.17 bits per heavy atom. The molecule has 1 rings (SSSR count). The summed E-state index contributed by atoms with van der Waals surface area (Å²) in [5.41, 5.74) is 0.526. The van der Waals surface area contributed by atoms with Crippen molar-refractivity contribution >= 4 is 33.4 Å². The van der Waals surface area contributed by atoms with Gasteiger partial charge in [0.25, 0.3) is 0 Å². The molecule has 3 N–H and O–H groups in total. The zero-order valence-electron chi connectivity index (χ0n) is 9.86. The Kier molecular flexibility index (Phi) is 6.08. The molecular formula is C12H15BrClNO3. The fourth-order valence-electron chi connectivity index (χ4n) is 1.50. The maximum absolute atomic E-state index is 10.7. The van der Waals surface area contributed by atoms with Gasteiger partial charge in [0.2, 0.25) is 5.91 Å². The second kappa shape index (κ2) is 7.09. The molecule has 0 heterocycles. The molecule has 0 saturated carbocycles. The number of carbonyl (C=O) groups is 1. The first kappa shape index (κ1) is 15.4. The number of hydrogen-bond donors (Lipinski definition) is 3. The SMILES string of the molecule is CC(=O)NCCC(O)C(O)c1cc(Cl)ccc1Br. The molecule has 0 aliphatic carbocycles. The standard InChI is InChI=1S/C12H15BrClNO3/c1-7(16)15-5-4-11(17)12(18)9-6-8(14)2-3-10(9)13/h2-3,6,11-12,17-18H,4-5H2,1H3,(H,15,16). The van der Waals surface area contributed by atoms with E-state index in [9.17, 15) is 15.0 Å². The minimum atomic E-state index is -1.05. The molecule has 1 aromatic rings. The Balaban J connectivity index is 2.64. The molecule has 100 valence electrons. The first-order valence-corrected chi connectivity index (χ1v) is 6.64. The van der Waals surface area contributed by atoms with Crippen LogP contribution >= 0.6 is 27.5 Å². The summed E-state index contributed by atoms with van der Waals surface area (Å²) < 4.78 is 0.679. The molecule has 0 saturated heterocycles. The summed E-state index contributed by atoms with van der Waals surface area (Å²) >= 11 is 9.13. The lowest BCUT2D eigenvalue weighted by molar-refractivity contribution is -0.119.